The number of aromatic amines is 2. The molecule has 0 aliphatic carbocycles. The monoisotopic (exact) mass is 353 g/mol. The first-order valence-electron chi connectivity index (χ1n) is 8.15. The molecule has 2 aromatic carbocycles. The van der Waals surface area contributed by atoms with Gasteiger partial charge in [0, 0.05) is 12.6 Å². The predicted molar refractivity (Wildman–Crippen MR) is 98.8 cm³/mol. The Bertz CT molecular complexity index is 1050. The largest absolute Gasteiger partial charge is 0.492 e. The van der Waals surface area contributed by atoms with E-state index in [4.69, 9.17) is 4.74 Å². The van der Waals surface area contributed by atoms with Gasteiger partial charge < -0.3 is 19.6 Å². The fourth-order valence-electron chi connectivity index (χ4n) is 2.50. The van der Waals surface area contributed by atoms with Crippen molar-refractivity contribution in [3.63, 3.8) is 0 Å². The van der Waals surface area contributed by atoms with E-state index in [1.807, 2.05) is 31.2 Å². The Kier molecular flexibility index (Phi) is 4.88. The molecule has 26 heavy (non-hydrogen) atoms. The van der Waals surface area contributed by atoms with Gasteiger partial charge in [0.2, 0.25) is 0 Å². The molecule has 1 heterocycles. The summed E-state index contributed by atoms with van der Waals surface area (Å²) in [5.74, 6) is 0.551. The third-order valence-corrected chi connectivity index (χ3v) is 4.03. The summed E-state index contributed by atoms with van der Waals surface area (Å²) in [4.78, 5) is 41.8. The minimum Gasteiger partial charge on any atom is -0.492 e. The number of amides is 1. The quantitative estimate of drug-likeness (QED) is 0.682. The van der Waals surface area contributed by atoms with E-state index in [1.54, 1.807) is 30.1 Å². The van der Waals surface area contributed by atoms with Crippen LogP contribution in [-0.4, -0.2) is 41.0 Å². The van der Waals surface area contributed by atoms with Crippen molar-refractivity contribution in [3.05, 3.63) is 74.3 Å². The molecule has 7 heteroatoms. The summed E-state index contributed by atoms with van der Waals surface area (Å²) < 4.78 is 5.64. The van der Waals surface area contributed by atoms with Crippen LogP contribution in [0.25, 0.3) is 11.0 Å². The third-order valence-electron chi connectivity index (χ3n) is 4.03. The summed E-state index contributed by atoms with van der Waals surface area (Å²) in [6.45, 7) is 2.78. The standard InChI is InChI=1S/C19H19N3O4/c1-12-3-6-14(7-4-12)26-10-9-22(2)19(25)13-5-8-15-16(11-13)21-18(24)17(23)20-15/h3-8,11H,9-10H2,1-2H3,(H,20,23)(H,21,24). The molecule has 0 saturated heterocycles. The second kappa shape index (κ2) is 7.26. The van der Waals surface area contributed by atoms with Gasteiger partial charge in [-0.25, -0.2) is 0 Å². The van der Waals surface area contributed by atoms with E-state index < -0.39 is 11.1 Å². The van der Waals surface area contributed by atoms with Crippen LogP contribution in [0.1, 0.15) is 15.9 Å². The van der Waals surface area contributed by atoms with E-state index in [1.165, 1.54) is 0 Å². The molecule has 0 spiro atoms. The second-order valence-electron chi connectivity index (χ2n) is 6.06. The molecule has 0 aliphatic rings. The summed E-state index contributed by atoms with van der Waals surface area (Å²) in [6, 6.07) is 12.4. The molecule has 0 radical (unpaired) electrons. The van der Waals surface area contributed by atoms with Crippen LogP contribution >= 0.6 is 0 Å². The SMILES string of the molecule is Cc1ccc(OCCN(C)C(=O)c2ccc3[nH]c(=O)c(=O)[nH]c3c2)cc1. The Morgan fingerprint density at radius 3 is 2.35 bits per heavy atom. The van der Waals surface area contributed by atoms with Crippen molar-refractivity contribution in [3.8, 4) is 5.75 Å². The molecule has 7 nitrogen and oxygen atoms in total. The molecule has 0 aliphatic heterocycles. The first kappa shape index (κ1) is 17.5. The number of likely N-dealkylation sites (N-methyl/N-ethyl adjacent to an activating group) is 1. The van der Waals surface area contributed by atoms with E-state index >= 15 is 0 Å². The number of aromatic nitrogens is 2. The summed E-state index contributed by atoms with van der Waals surface area (Å²) in [6.07, 6.45) is 0. The van der Waals surface area contributed by atoms with Gasteiger partial charge in [0.25, 0.3) is 5.91 Å². The Labute approximate surface area is 149 Å². The molecular weight excluding hydrogens is 334 g/mol. The normalized spacial score (nSPS) is 10.7. The molecule has 134 valence electrons. The zero-order valence-corrected chi connectivity index (χ0v) is 14.5. The molecule has 3 rings (SSSR count). The average molecular weight is 353 g/mol. The van der Waals surface area contributed by atoms with Gasteiger partial charge in [0.1, 0.15) is 12.4 Å². The van der Waals surface area contributed by atoms with Crippen LogP contribution in [0.4, 0.5) is 0 Å². The maximum atomic E-state index is 12.5. The highest BCUT2D eigenvalue weighted by Crippen LogP contribution is 2.13. The average Bonchev–Trinajstić information content (AvgIpc) is 2.63. The van der Waals surface area contributed by atoms with Crippen LogP contribution in [0.5, 0.6) is 5.75 Å². The number of fused-ring (bicyclic) bond motifs is 1. The molecule has 1 aromatic heterocycles. The fourth-order valence-corrected chi connectivity index (χ4v) is 2.50. The van der Waals surface area contributed by atoms with Crippen LogP contribution in [-0.2, 0) is 0 Å². The summed E-state index contributed by atoms with van der Waals surface area (Å²) in [7, 11) is 1.68. The van der Waals surface area contributed by atoms with Gasteiger partial charge in [-0.3, -0.25) is 14.4 Å². The molecule has 2 N–H and O–H groups in total. The van der Waals surface area contributed by atoms with Gasteiger partial charge in [-0.05, 0) is 37.3 Å². The number of carbonyl (C=O) groups is 1. The van der Waals surface area contributed by atoms with Gasteiger partial charge >= 0.3 is 11.1 Å². The minimum absolute atomic E-state index is 0.202. The van der Waals surface area contributed by atoms with E-state index in [-0.39, 0.29) is 5.91 Å². The molecule has 0 atom stereocenters. The summed E-state index contributed by atoms with van der Waals surface area (Å²) in [5, 5.41) is 0. The Morgan fingerprint density at radius 2 is 1.65 bits per heavy atom. The number of hydrogen-bond acceptors (Lipinski definition) is 4. The molecule has 0 saturated carbocycles. The van der Waals surface area contributed by atoms with Crippen molar-refractivity contribution < 1.29 is 9.53 Å². The first-order valence-corrected chi connectivity index (χ1v) is 8.15. The lowest BCUT2D eigenvalue weighted by Crippen LogP contribution is -2.31. The Balaban J connectivity index is 1.66. The maximum absolute atomic E-state index is 12.5. The van der Waals surface area contributed by atoms with E-state index in [2.05, 4.69) is 9.97 Å². The lowest BCUT2D eigenvalue weighted by Gasteiger charge is -2.18. The molecule has 3 aromatic rings. The van der Waals surface area contributed by atoms with Crippen LogP contribution in [0, 0.1) is 6.92 Å². The number of aryl methyl sites for hydroxylation is 1. The number of ether oxygens (including phenoxy) is 1. The lowest BCUT2D eigenvalue weighted by atomic mass is 10.1. The lowest BCUT2D eigenvalue weighted by molar-refractivity contribution is 0.0774. The smallest absolute Gasteiger partial charge is 0.314 e. The third kappa shape index (κ3) is 3.83. The number of nitrogens with one attached hydrogen (secondary N) is 2. The Morgan fingerprint density at radius 1 is 1.00 bits per heavy atom. The van der Waals surface area contributed by atoms with Crippen molar-refractivity contribution >= 4 is 16.9 Å². The topological polar surface area (TPSA) is 95.3 Å². The van der Waals surface area contributed by atoms with Gasteiger partial charge in [-0.2, -0.15) is 0 Å². The maximum Gasteiger partial charge on any atom is 0.314 e. The zero-order chi connectivity index (χ0) is 18.7. The van der Waals surface area contributed by atoms with Crippen LogP contribution < -0.4 is 15.9 Å². The number of H-pyrrole nitrogens is 2. The van der Waals surface area contributed by atoms with Crippen LogP contribution in [0.15, 0.2) is 52.1 Å². The van der Waals surface area contributed by atoms with E-state index in [0.717, 1.165) is 11.3 Å². The minimum atomic E-state index is -0.748. The Hall–Kier alpha value is -3.35. The highest BCUT2D eigenvalue weighted by atomic mass is 16.5. The van der Waals surface area contributed by atoms with Gasteiger partial charge in [0.15, 0.2) is 0 Å². The zero-order valence-electron chi connectivity index (χ0n) is 14.5. The highest BCUT2D eigenvalue weighted by Gasteiger charge is 2.13. The van der Waals surface area contributed by atoms with E-state index in [9.17, 15) is 14.4 Å². The van der Waals surface area contributed by atoms with Crippen LogP contribution in [0.3, 0.4) is 0 Å². The van der Waals surface area contributed by atoms with E-state index in [0.29, 0.717) is 29.7 Å². The predicted octanol–water partition coefficient (Wildman–Crippen LogP) is 1.68. The van der Waals surface area contributed by atoms with Gasteiger partial charge in [-0.1, -0.05) is 17.7 Å². The second-order valence-corrected chi connectivity index (χ2v) is 6.06. The molecule has 0 unspecified atom stereocenters. The highest BCUT2D eigenvalue weighted by molar-refractivity contribution is 5.97. The summed E-state index contributed by atoms with van der Waals surface area (Å²) in [5.41, 5.74) is 0.975. The summed E-state index contributed by atoms with van der Waals surface area (Å²) >= 11 is 0. The van der Waals surface area contributed by atoms with Crippen molar-refractivity contribution in [2.45, 2.75) is 6.92 Å². The van der Waals surface area contributed by atoms with Crippen molar-refractivity contribution in [1.29, 1.82) is 0 Å². The fraction of sp³-hybridized carbons (Fsp3) is 0.211. The molecular formula is C19H19N3O4. The molecule has 0 fully saturated rings. The van der Waals surface area contributed by atoms with Crippen LogP contribution in [0.2, 0.25) is 0 Å². The number of carbonyl (C=O) groups excluding carboxylic acids is 1. The molecule has 1 amide bonds. The number of benzene rings is 2. The number of hydrogen-bond donors (Lipinski definition) is 2. The first-order chi connectivity index (χ1) is 12.4. The van der Waals surface area contributed by atoms with Crippen molar-refractivity contribution in [2.24, 2.45) is 0 Å². The van der Waals surface area contributed by atoms with Gasteiger partial charge in [0.05, 0.1) is 17.6 Å². The van der Waals surface area contributed by atoms with Crippen molar-refractivity contribution in [1.82, 2.24) is 14.9 Å². The number of rotatable bonds is 5. The number of nitrogens with zero attached hydrogens (tertiary/aromatic N) is 1. The molecule has 0 bridgehead atoms. The van der Waals surface area contributed by atoms with Crippen molar-refractivity contribution in [2.75, 3.05) is 20.2 Å². The van der Waals surface area contributed by atoms with Gasteiger partial charge in [-0.15, -0.1) is 0 Å².